The first-order valence-corrected chi connectivity index (χ1v) is 11.4. The summed E-state index contributed by atoms with van der Waals surface area (Å²) in [6.07, 6.45) is 0.441. The average Bonchev–Trinajstić information content (AvgIpc) is 3.31. The standard InChI is InChI=1S/C25H31FN4O4/c1-5-30(6-2)13-14-33-22-16-19(8-10-21(22)32-4)27-23(31)11-12-24-28-25(29-34-24)18-7-9-20(26)17(3)15-18/h7-10,15-16H,5-6,11-14H2,1-4H3,(H,27,31). The minimum atomic E-state index is -0.292. The smallest absolute Gasteiger partial charge is 0.227 e. The minimum absolute atomic E-state index is 0.161. The number of carbonyl (C=O) groups is 1. The lowest BCUT2D eigenvalue weighted by Gasteiger charge is -2.19. The maximum atomic E-state index is 13.5. The van der Waals surface area contributed by atoms with Gasteiger partial charge in [-0.15, -0.1) is 0 Å². The summed E-state index contributed by atoms with van der Waals surface area (Å²) in [6.45, 7) is 9.12. The highest BCUT2D eigenvalue weighted by molar-refractivity contribution is 5.91. The van der Waals surface area contributed by atoms with Crippen LogP contribution in [0, 0.1) is 12.7 Å². The lowest BCUT2D eigenvalue weighted by Crippen LogP contribution is -2.28. The number of likely N-dealkylation sites (N-methyl/N-ethyl adjacent to an activating group) is 1. The van der Waals surface area contributed by atoms with Crippen molar-refractivity contribution in [2.24, 2.45) is 0 Å². The van der Waals surface area contributed by atoms with Gasteiger partial charge in [0.1, 0.15) is 12.4 Å². The zero-order chi connectivity index (χ0) is 24.5. The summed E-state index contributed by atoms with van der Waals surface area (Å²) >= 11 is 0. The first-order valence-electron chi connectivity index (χ1n) is 11.4. The molecule has 1 amide bonds. The van der Waals surface area contributed by atoms with Gasteiger partial charge in [0, 0.05) is 36.7 Å². The molecule has 1 N–H and O–H groups in total. The number of nitrogens with one attached hydrogen (secondary N) is 1. The second-order valence-electron chi connectivity index (χ2n) is 7.76. The molecule has 0 aliphatic rings. The summed E-state index contributed by atoms with van der Waals surface area (Å²) in [6, 6.07) is 9.88. The van der Waals surface area contributed by atoms with Gasteiger partial charge in [-0.1, -0.05) is 19.0 Å². The number of hydrogen-bond acceptors (Lipinski definition) is 7. The van der Waals surface area contributed by atoms with Crippen molar-refractivity contribution < 1.29 is 23.2 Å². The molecule has 0 spiro atoms. The fourth-order valence-corrected chi connectivity index (χ4v) is 3.39. The maximum absolute atomic E-state index is 13.5. The number of carbonyl (C=O) groups excluding carboxylic acids is 1. The second kappa shape index (κ2) is 12.1. The van der Waals surface area contributed by atoms with Gasteiger partial charge in [-0.05, 0) is 55.9 Å². The summed E-state index contributed by atoms with van der Waals surface area (Å²) in [7, 11) is 1.58. The number of anilines is 1. The van der Waals surface area contributed by atoms with Crippen molar-refractivity contribution in [3.63, 3.8) is 0 Å². The molecule has 1 heterocycles. The van der Waals surface area contributed by atoms with Crippen LogP contribution < -0.4 is 14.8 Å². The van der Waals surface area contributed by atoms with E-state index in [1.165, 1.54) is 6.07 Å². The monoisotopic (exact) mass is 470 g/mol. The Morgan fingerprint density at radius 3 is 2.65 bits per heavy atom. The molecule has 2 aromatic carbocycles. The number of rotatable bonds is 12. The van der Waals surface area contributed by atoms with E-state index in [1.54, 1.807) is 44.4 Å². The molecule has 0 bridgehead atoms. The Morgan fingerprint density at radius 2 is 1.94 bits per heavy atom. The molecule has 1 aromatic heterocycles. The molecule has 0 radical (unpaired) electrons. The molecule has 34 heavy (non-hydrogen) atoms. The van der Waals surface area contributed by atoms with E-state index < -0.39 is 0 Å². The quantitative estimate of drug-likeness (QED) is 0.417. The summed E-state index contributed by atoms with van der Waals surface area (Å²) in [5, 5.41) is 6.79. The number of methoxy groups -OCH3 is 1. The van der Waals surface area contributed by atoms with E-state index in [0.29, 0.717) is 46.6 Å². The third kappa shape index (κ3) is 6.77. The molecule has 0 atom stereocenters. The zero-order valence-electron chi connectivity index (χ0n) is 20.1. The largest absolute Gasteiger partial charge is 0.493 e. The van der Waals surface area contributed by atoms with Gasteiger partial charge in [0.2, 0.25) is 17.6 Å². The number of ether oxygens (including phenoxy) is 2. The van der Waals surface area contributed by atoms with Crippen molar-refractivity contribution in [2.75, 3.05) is 38.7 Å². The van der Waals surface area contributed by atoms with Crippen LogP contribution in [0.2, 0.25) is 0 Å². The van der Waals surface area contributed by atoms with Crippen LogP contribution in [0.1, 0.15) is 31.7 Å². The van der Waals surface area contributed by atoms with E-state index in [1.807, 2.05) is 0 Å². The van der Waals surface area contributed by atoms with Gasteiger partial charge in [-0.2, -0.15) is 4.98 Å². The number of aromatic nitrogens is 2. The molecule has 0 aliphatic carbocycles. The summed E-state index contributed by atoms with van der Waals surface area (Å²) in [4.78, 5) is 19.0. The van der Waals surface area contributed by atoms with Crippen molar-refractivity contribution in [2.45, 2.75) is 33.6 Å². The topological polar surface area (TPSA) is 89.7 Å². The van der Waals surface area contributed by atoms with Gasteiger partial charge in [-0.3, -0.25) is 4.79 Å². The molecular formula is C25H31FN4O4. The fraction of sp³-hybridized carbons (Fsp3) is 0.400. The molecular weight excluding hydrogens is 439 g/mol. The highest BCUT2D eigenvalue weighted by atomic mass is 19.1. The van der Waals surface area contributed by atoms with Crippen LogP contribution in [0.5, 0.6) is 11.5 Å². The number of benzene rings is 2. The second-order valence-corrected chi connectivity index (χ2v) is 7.76. The molecule has 182 valence electrons. The lowest BCUT2D eigenvalue weighted by atomic mass is 10.1. The normalized spacial score (nSPS) is 11.0. The van der Waals surface area contributed by atoms with Gasteiger partial charge >= 0.3 is 0 Å². The van der Waals surface area contributed by atoms with Gasteiger partial charge in [0.25, 0.3) is 0 Å². The SMILES string of the molecule is CCN(CC)CCOc1cc(NC(=O)CCc2nc(-c3ccc(F)c(C)c3)no2)ccc1OC. The van der Waals surface area contributed by atoms with Crippen molar-refractivity contribution in [3.8, 4) is 22.9 Å². The van der Waals surface area contributed by atoms with E-state index in [9.17, 15) is 9.18 Å². The molecule has 0 aliphatic heterocycles. The Labute approximate surface area is 199 Å². The Bertz CT molecular complexity index is 1100. The van der Waals surface area contributed by atoms with Crippen LogP contribution in [0.4, 0.5) is 10.1 Å². The number of amides is 1. The zero-order valence-corrected chi connectivity index (χ0v) is 20.1. The van der Waals surface area contributed by atoms with E-state index >= 15 is 0 Å². The fourth-order valence-electron chi connectivity index (χ4n) is 3.39. The van der Waals surface area contributed by atoms with E-state index in [2.05, 4.69) is 34.2 Å². The van der Waals surface area contributed by atoms with Crippen LogP contribution in [0.3, 0.4) is 0 Å². The maximum Gasteiger partial charge on any atom is 0.227 e. The molecule has 0 saturated carbocycles. The highest BCUT2D eigenvalue weighted by Crippen LogP contribution is 2.30. The summed E-state index contributed by atoms with van der Waals surface area (Å²) < 4.78 is 30.0. The van der Waals surface area contributed by atoms with Crippen molar-refractivity contribution >= 4 is 11.6 Å². The van der Waals surface area contributed by atoms with Crippen LogP contribution in [0.15, 0.2) is 40.9 Å². The highest BCUT2D eigenvalue weighted by Gasteiger charge is 2.13. The number of hydrogen-bond donors (Lipinski definition) is 1. The third-order valence-electron chi connectivity index (χ3n) is 5.46. The van der Waals surface area contributed by atoms with Crippen LogP contribution in [-0.4, -0.2) is 54.3 Å². The minimum Gasteiger partial charge on any atom is -0.493 e. The van der Waals surface area contributed by atoms with Crippen molar-refractivity contribution in [1.82, 2.24) is 15.0 Å². The van der Waals surface area contributed by atoms with Crippen LogP contribution >= 0.6 is 0 Å². The van der Waals surface area contributed by atoms with Crippen molar-refractivity contribution in [1.29, 1.82) is 0 Å². The van der Waals surface area contributed by atoms with E-state index in [-0.39, 0.29) is 24.6 Å². The molecule has 8 nitrogen and oxygen atoms in total. The van der Waals surface area contributed by atoms with Gasteiger partial charge < -0.3 is 24.2 Å². The molecule has 0 unspecified atom stereocenters. The Kier molecular flexibility index (Phi) is 8.98. The predicted molar refractivity (Wildman–Crippen MR) is 128 cm³/mol. The van der Waals surface area contributed by atoms with E-state index in [0.717, 1.165) is 19.6 Å². The molecule has 0 fully saturated rings. The van der Waals surface area contributed by atoms with Gasteiger partial charge in [0.15, 0.2) is 11.5 Å². The molecule has 0 saturated heterocycles. The Balaban J connectivity index is 1.55. The van der Waals surface area contributed by atoms with Gasteiger partial charge in [0.05, 0.1) is 7.11 Å². The Hall–Kier alpha value is -3.46. The number of aryl methyl sites for hydroxylation is 2. The van der Waals surface area contributed by atoms with Gasteiger partial charge in [-0.25, -0.2) is 4.39 Å². The Morgan fingerprint density at radius 1 is 1.15 bits per heavy atom. The third-order valence-corrected chi connectivity index (χ3v) is 5.46. The molecule has 3 rings (SSSR count). The first kappa shape index (κ1) is 25.2. The molecule has 3 aromatic rings. The summed E-state index contributed by atoms with van der Waals surface area (Å²) in [5.41, 5.74) is 1.76. The predicted octanol–water partition coefficient (Wildman–Crippen LogP) is 4.48. The van der Waals surface area contributed by atoms with Crippen molar-refractivity contribution in [3.05, 3.63) is 53.7 Å². The average molecular weight is 471 g/mol. The summed E-state index contributed by atoms with van der Waals surface area (Å²) in [5.74, 6) is 1.38. The van der Waals surface area contributed by atoms with E-state index in [4.69, 9.17) is 14.0 Å². The first-order chi connectivity index (χ1) is 16.4. The number of halogens is 1. The van der Waals surface area contributed by atoms with Crippen LogP contribution in [-0.2, 0) is 11.2 Å². The van der Waals surface area contributed by atoms with Crippen LogP contribution in [0.25, 0.3) is 11.4 Å². The molecule has 9 heteroatoms. The number of nitrogens with zero attached hydrogens (tertiary/aromatic N) is 3. The lowest BCUT2D eigenvalue weighted by molar-refractivity contribution is -0.116.